The van der Waals surface area contributed by atoms with Gasteiger partial charge < -0.3 is 19.6 Å². The van der Waals surface area contributed by atoms with Crippen molar-refractivity contribution in [3.63, 3.8) is 0 Å². The summed E-state index contributed by atoms with van der Waals surface area (Å²) >= 11 is 0. The maximum Gasteiger partial charge on any atom is 0.410 e. The van der Waals surface area contributed by atoms with E-state index in [1.807, 2.05) is 11.8 Å². The number of carboxylic acid groups (broad SMARTS) is 1. The lowest BCUT2D eigenvalue weighted by atomic mass is 9.92. The highest BCUT2D eigenvalue weighted by Crippen LogP contribution is 2.34. The average molecular weight is 305 g/mol. The molecule has 2 saturated heterocycles. The molecule has 1 amide bonds. The van der Waals surface area contributed by atoms with E-state index in [4.69, 9.17) is 4.74 Å². The molecule has 0 unspecified atom stereocenters. The first-order valence-corrected chi connectivity index (χ1v) is 7.30. The van der Waals surface area contributed by atoms with Crippen LogP contribution in [0.25, 0.3) is 0 Å². The molecule has 22 heavy (non-hydrogen) atoms. The van der Waals surface area contributed by atoms with Crippen LogP contribution in [-0.4, -0.2) is 59.3 Å². The zero-order valence-electron chi connectivity index (χ0n) is 12.7. The van der Waals surface area contributed by atoms with Gasteiger partial charge in [0.05, 0.1) is 13.1 Å². The van der Waals surface area contributed by atoms with Crippen LogP contribution < -0.4 is 4.90 Å². The second-order valence-corrected chi connectivity index (χ2v) is 6.06. The fourth-order valence-electron chi connectivity index (χ4n) is 3.23. The molecular weight excluding hydrogens is 286 g/mol. The van der Waals surface area contributed by atoms with Crippen LogP contribution in [0.3, 0.4) is 0 Å². The second kappa shape index (κ2) is 5.15. The van der Waals surface area contributed by atoms with Crippen molar-refractivity contribution in [1.82, 2.24) is 9.88 Å². The Morgan fingerprint density at radius 3 is 2.82 bits per heavy atom. The van der Waals surface area contributed by atoms with Gasteiger partial charge in [-0.15, -0.1) is 0 Å². The van der Waals surface area contributed by atoms with Crippen LogP contribution in [0, 0.1) is 6.92 Å². The number of piperidine rings is 1. The highest BCUT2D eigenvalue weighted by Gasteiger charge is 2.47. The van der Waals surface area contributed by atoms with E-state index in [0.29, 0.717) is 25.5 Å². The van der Waals surface area contributed by atoms with Gasteiger partial charge in [-0.25, -0.2) is 14.6 Å². The van der Waals surface area contributed by atoms with Crippen molar-refractivity contribution in [2.75, 3.05) is 31.6 Å². The van der Waals surface area contributed by atoms with Crippen LogP contribution in [0.1, 0.15) is 28.9 Å². The Kier molecular flexibility index (Phi) is 3.42. The Hall–Kier alpha value is -2.31. The summed E-state index contributed by atoms with van der Waals surface area (Å²) in [6, 6.07) is 3.27. The Labute approximate surface area is 128 Å². The standard InChI is InChI=1S/C15H19N3O4/c1-10-4-5-11(13(19)20)12(16-10)18-7-3-6-15(9-18)8-17(2)14(21)22-15/h4-5H,3,6-9H2,1-2H3,(H,19,20)/t15-/m1/s1. The van der Waals surface area contributed by atoms with Crippen molar-refractivity contribution in [3.05, 3.63) is 23.4 Å². The molecule has 1 aromatic heterocycles. The first-order chi connectivity index (χ1) is 10.4. The number of rotatable bonds is 2. The summed E-state index contributed by atoms with van der Waals surface area (Å²) in [6.45, 7) is 3.54. The number of carbonyl (C=O) groups is 2. The second-order valence-electron chi connectivity index (χ2n) is 6.06. The van der Waals surface area contributed by atoms with Crippen LogP contribution >= 0.6 is 0 Å². The number of hydrogen-bond donors (Lipinski definition) is 1. The van der Waals surface area contributed by atoms with E-state index in [1.165, 1.54) is 0 Å². The lowest BCUT2D eigenvalue weighted by Crippen LogP contribution is -2.51. The predicted molar refractivity (Wildman–Crippen MR) is 79.2 cm³/mol. The van der Waals surface area contributed by atoms with Crippen LogP contribution in [0.5, 0.6) is 0 Å². The number of carbonyl (C=O) groups excluding carboxylic acids is 1. The van der Waals surface area contributed by atoms with Gasteiger partial charge in [-0.05, 0) is 31.9 Å². The third kappa shape index (κ3) is 2.47. The lowest BCUT2D eigenvalue weighted by molar-refractivity contribution is 0.0442. The molecule has 118 valence electrons. The first kappa shape index (κ1) is 14.6. The van der Waals surface area contributed by atoms with E-state index < -0.39 is 11.6 Å². The van der Waals surface area contributed by atoms with Gasteiger partial charge >= 0.3 is 12.1 Å². The summed E-state index contributed by atoms with van der Waals surface area (Å²) in [5, 5.41) is 9.37. The summed E-state index contributed by atoms with van der Waals surface area (Å²) in [5.74, 6) is -0.542. The minimum atomic E-state index is -0.998. The maximum atomic E-state index is 11.7. The number of amides is 1. The number of pyridine rings is 1. The number of hydrogen-bond acceptors (Lipinski definition) is 5. The SMILES string of the molecule is Cc1ccc(C(=O)O)c(N2CCC[C@@]3(CN(C)C(=O)O3)C2)n1. The first-order valence-electron chi connectivity index (χ1n) is 7.30. The number of anilines is 1. The largest absolute Gasteiger partial charge is 0.478 e. The van der Waals surface area contributed by atoms with E-state index in [9.17, 15) is 14.7 Å². The lowest BCUT2D eigenvalue weighted by Gasteiger charge is -2.39. The van der Waals surface area contributed by atoms with E-state index >= 15 is 0 Å². The van der Waals surface area contributed by atoms with Gasteiger partial charge in [0, 0.05) is 19.3 Å². The fraction of sp³-hybridized carbons (Fsp3) is 0.533. The van der Waals surface area contributed by atoms with Crippen molar-refractivity contribution in [2.24, 2.45) is 0 Å². The van der Waals surface area contributed by atoms with E-state index in [1.54, 1.807) is 24.1 Å². The van der Waals surface area contributed by atoms with Gasteiger partial charge in [0.1, 0.15) is 17.0 Å². The molecule has 2 fully saturated rings. The molecule has 0 saturated carbocycles. The fourth-order valence-corrected chi connectivity index (χ4v) is 3.23. The molecule has 1 spiro atoms. The van der Waals surface area contributed by atoms with Crippen molar-refractivity contribution in [2.45, 2.75) is 25.4 Å². The molecule has 1 atom stereocenters. The minimum Gasteiger partial charge on any atom is -0.478 e. The quantitative estimate of drug-likeness (QED) is 0.891. The normalized spacial score (nSPS) is 24.7. The average Bonchev–Trinajstić information content (AvgIpc) is 2.72. The molecule has 2 aliphatic rings. The third-order valence-corrected chi connectivity index (χ3v) is 4.22. The van der Waals surface area contributed by atoms with Gasteiger partial charge in [-0.3, -0.25) is 0 Å². The number of aromatic nitrogens is 1. The molecule has 7 nitrogen and oxygen atoms in total. The third-order valence-electron chi connectivity index (χ3n) is 4.22. The molecule has 3 rings (SSSR count). The summed E-state index contributed by atoms with van der Waals surface area (Å²) < 4.78 is 5.55. The van der Waals surface area contributed by atoms with E-state index in [2.05, 4.69) is 4.98 Å². The van der Waals surface area contributed by atoms with Crippen LogP contribution in [0.4, 0.5) is 10.6 Å². The molecule has 7 heteroatoms. The Morgan fingerprint density at radius 2 is 2.18 bits per heavy atom. The zero-order valence-corrected chi connectivity index (χ0v) is 12.7. The van der Waals surface area contributed by atoms with Gasteiger partial charge in [0.15, 0.2) is 0 Å². The molecule has 0 aromatic carbocycles. The molecular formula is C15H19N3O4. The maximum absolute atomic E-state index is 11.7. The molecule has 0 bridgehead atoms. The smallest absolute Gasteiger partial charge is 0.410 e. The number of carboxylic acids is 1. The Bertz CT molecular complexity index is 633. The van der Waals surface area contributed by atoms with Crippen molar-refractivity contribution in [1.29, 1.82) is 0 Å². The molecule has 3 heterocycles. The van der Waals surface area contributed by atoms with Gasteiger partial charge in [-0.1, -0.05) is 0 Å². The summed E-state index contributed by atoms with van der Waals surface area (Å²) in [5.41, 5.74) is 0.381. The highest BCUT2D eigenvalue weighted by molar-refractivity contribution is 5.93. The number of aromatic carboxylic acids is 1. The molecule has 2 aliphatic heterocycles. The van der Waals surface area contributed by atoms with Gasteiger partial charge in [0.25, 0.3) is 0 Å². The Balaban J connectivity index is 1.91. The number of ether oxygens (including phenoxy) is 1. The Morgan fingerprint density at radius 1 is 1.41 bits per heavy atom. The monoisotopic (exact) mass is 305 g/mol. The van der Waals surface area contributed by atoms with Crippen LogP contribution in [-0.2, 0) is 4.74 Å². The predicted octanol–water partition coefficient (Wildman–Crippen LogP) is 1.51. The number of aryl methyl sites for hydroxylation is 1. The van der Waals surface area contributed by atoms with Gasteiger partial charge in [-0.2, -0.15) is 0 Å². The van der Waals surface area contributed by atoms with E-state index in [0.717, 1.165) is 18.5 Å². The minimum absolute atomic E-state index is 0.181. The molecule has 0 aliphatic carbocycles. The van der Waals surface area contributed by atoms with Crippen LogP contribution in [0.15, 0.2) is 12.1 Å². The van der Waals surface area contributed by atoms with Crippen molar-refractivity contribution < 1.29 is 19.4 Å². The summed E-state index contributed by atoms with van der Waals surface area (Å²) in [7, 11) is 1.71. The topological polar surface area (TPSA) is 83.0 Å². The van der Waals surface area contributed by atoms with Crippen molar-refractivity contribution in [3.8, 4) is 0 Å². The molecule has 1 N–H and O–H groups in total. The summed E-state index contributed by atoms with van der Waals surface area (Å²) in [6.07, 6.45) is 1.29. The number of likely N-dealkylation sites (N-methyl/N-ethyl adjacent to an activating group) is 1. The molecule has 1 aromatic rings. The van der Waals surface area contributed by atoms with Gasteiger partial charge in [0.2, 0.25) is 0 Å². The zero-order chi connectivity index (χ0) is 15.9. The van der Waals surface area contributed by atoms with E-state index in [-0.39, 0.29) is 11.7 Å². The highest BCUT2D eigenvalue weighted by atomic mass is 16.6. The molecule has 0 radical (unpaired) electrons. The van der Waals surface area contributed by atoms with Crippen molar-refractivity contribution >= 4 is 17.9 Å². The van der Waals surface area contributed by atoms with Crippen LogP contribution in [0.2, 0.25) is 0 Å². The summed E-state index contributed by atoms with van der Waals surface area (Å²) in [4.78, 5) is 31.0. The number of nitrogens with zero attached hydrogens (tertiary/aromatic N) is 3.